The van der Waals surface area contributed by atoms with Gasteiger partial charge in [-0.1, -0.05) is 0 Å². The number of carbonyl (C=O) groups excluding carboxylic acids is 1. The number of piperidine rings is 1. The first kappa shape index (κ1) is 13.2. The highest BCUT2D eigenvalue weighted by Crippen LogP contribution is 2.39. The summed E-state index contributed by atoms with van der Waals surface area (Å²) in [6, 6.07) is 5.94. The quantitative estimate of drug-likeness (QED) is 0.912. The molecule has 2 aliphatic rings. The molecule has 1 aromatic heterocycles. The fourth-order valence-corrected chi connectivity index (χ4v) is 3.17. The highest BCUT2D eigenvalue weighted by molar-refractivity contribution is 5.95. The molecule has 0 atom stereocenters. The lowest BCUT2D eigenvalue weighted by Gasteiger charge is -2.32. The summed E-state index contributed by atoms with van der Waals surface area (Å²) in [6.45, 7) is 1.83. The van der Waals surface area contributed by atoms with E-state index >= 15 is 0 Å². The van der Waals surface area contributed by atoms with Gasteiger partial charge < -0.3 is 20.1 Å². The molecule has 2 aromatic rings. The van der Waals surface area contributed by atoms with Crippen molar-refractivity contribution in [1.82, 2.24) is 4.98 Å². The Morgan fingerprint density at radius 1 is 1.23 bits per heavy atom. The van der Waals surface area contributed by atoms with E-state index in [1.807, 2.05) is 18.2 Å². The highest BCUT2D eigenvalue weighted by Gasteiger charge is 2.25. The minimum Gasteiger partial charge on any atom is -0.454 e. The van der Waals surface area contributed by atoms with E-state index < -0.39 is 0 Å². The molecule has 2 aliphatic heterocycles. The van der Waals surface area contributed by atoms with Crippen LogP contribution in [0, 0.1) is 5.92 Å². The minimum absolute atomic E-state index is 0.0211. The van der Waals surface area contributed by atoms with Crippen molar-refractivity contribution in [3.05, 3.63) is 24.4 Å². The van der Waals surface area contributed by atoms with Crippen LogP contribution in [-0.4, -0.2) is 30.8 Å². The molecule has 0 aliphatic carbocycles. The topological polar surface area (TPSA) is 77.7 Å². The summed E-state index contributed by atoms with van der Waals surface area (Å²) in [7, 11) is 0. The molecular weight excluding hydrogens is 282 g/mol. The summed E-state index contributed by atoms with van der Waals surface area (Å²) >= 11 is 0. The van der Waals surface area contributed by atoms with Crippen molar-refractivity contribution in [3.63, 3.8) is 0 Å². The molecule has 114 valence electrons. The smallest absolute Gasteiger partial charge is 0.231 e. The number of rotatable bonds is 2. The lowest BCUT2D eigenvalue weighted by molar-refractivity contribution is -0.122. The van der Waals surface area contributed by atoms with Crippen molar-refractivity contribution in [2.75, 3.05) is 24.8 Å². The van der Waals surface area contributed by atoms with Crippen LogP contribution >= 0.6 is 0 Å². The molecule has 1 aromatic carbocycles. The molecule has 22 heavy (non-hydrogen) atoms. The Labute approximate surface area is 127 Å². The van der Waals surface area contributed by atoms with Crippen LogP contribution in [0.5, 0.6) is 11.5 Å². The van der Waals surface area contributed by atoms with Gasteiger partial charge in [-0.05, 0) is 36.4 Å². The second kappa shape index (κ2) is 5.05. The number of pyridine rings is 1. The SMILES string of the molecule is NC(=O)C1CCN(c2nccc3cc4c(cc23)OCO4)CC1. The lowest BCUT2D eigenvalue weighted by Crippen LogP contribution is -2.39. The maximum atomic E-state index is 11.3. The van der Waals surface area contributed by atoms with Crippen LogP contribution in [0.15, 0.2) is 24.4 Å². The first-order chi connectivity index (χ1) is 10.7. The van der Waals surface area contributed by atoms with Gasteiger partial charge in [0, 0.05) is 30.6 Å². The number of fused-ring (bicyclic) bond motifs is 2. The van der Waals surface area contributed by atoms with Gasteiger partial charge in [0.25, 0.3) is 0 Å². The monoisotopic (exact) mass is 299 g/mol. The van der Waals surface area contributed by atoms with E-state index in [2.05, 4.69) is 9.88 Å². The minimum atomic E-state index is -0.200. The summed E-state index contributed by atoms with van der Waals surface area (Å²) in [5, 5.41) is 2.12. The van der Waals surface area contributed by atoms with E-state index in [-0.39, 0.29) is 18.6 Å². The van der Waals surface area contributed by atoms with Crippen LogP contribution < -0.4 is 20.1 Å². The van der Waals surface area contributed by atoms with Crippen molar-refractivity contribution >= 4 is 22.5 Å². The molecule has 3 heterocycles. The van der Waals surface area contributed by atoms with Gasteiger partial charge in [-0.3, -0.25) is 4.79 Å². The third kappa shape index (κ3) is 2.11. The maximum Gasteiger partial charge on any atom is 0.231 e. The largest absolute Gasteiger partial charge is 0.454 e. The van der Waals surface area contributed by atoms with E-state index in [0.717, 1.165) is 54.0 Å². The van der Waals surface area contributed by atoms with Crippen molar-refractivity contribution in [2.45, 2.75) is 12.8 Å². The second-order valence-electron chi connectivity index (χ2n) is 5.72. The number of ether oxygens (including phenoxy) is 2. The Balaban J connectivity index is 1.69. The molecule has 1 saturated heterocycles. The van der Waals surface area contributed by atoms with Crippen LogP contribution in [-0.2, 0) is 4.79 Å². The Kier molecular flexibility index (Phi) is 3.03. The van der Waals surface area contributed by atoms with E-state index in [1.54, 1.807) is 6.20 Å². The van der Waals surface area contributed by atoms with Crippen molar-refractivity contribution in [3.8, 4) is 11.5 Å². The Morgan fingerprint density at radius 2 is 1.95 bits per heavy atom. The number of anilines is 1. The van der Waals surface area contributed by atoms with Crippen LogP contribution in [0.25, 0.3) is 10.8 Å². The van der Waals surface area contributed by atoms with Gasteiger partial charge in [-0.2, -0.15) is 0 Å². The Bertz CT molecular complexity index is 739. The Morgan fingerprint density at radius 3 is 2.68 bits per heavy atom. The number of aromatic nitrogens is 1. The zero-order valence-electron chi connectivity index (χ0n) is 12.1. The van der Waals surface area contributed by atoms with Gasteiger partial charge in [0.2, 0.25) is 12.7 Å². The maximum absolute atomic E-state index is 11.3. The van der Waals surface area contributed by atoms with E-state index in [9.17, 15) is 4.79 Å². The average molecular weight is 299 g/mol. The molecule has 0 saturated carbocycles. The lowest BCUT2D eigenvalue weighted by atomic mass is 9.96. The number of primary amides is 1. The van der Waals surface area contributed by atoms with Crippen LogP contribution in [0.1, 0.15) is 12.8 Å². The summed E-state index contributed by atoms with van der Waals surface area (Å²) in [4.78, 5) is 18.0. The molecule has 1 fully saturated rings. The van der Waals surface area contributed by atoms with E-state index in [0.29, 0.717) is 0 Å². The normalized spacial score (nSPS) is 17.9. The first-order valence-corrected chi connectivity index (χ1v) is 7.45. The zero-order valence-corrected chi connectivity index (χ0v) is 12.1. The molecule has 1 amide bonds. The van der Waals surface area contributed by atoms with Gasteiger partial charge >= 0.3 is 0 Å². The molecule has 0 bridgehead atoms. The molecule has 0 radical (unpaired) electrons. The second-order valence-corrected chi connectivity index (χ2v) is 5.72. The number of nitrogens with two attached hydrogens (primary N) is 1. The van der Waals surface area contributed by atoms with E-state index in [4.69, 9.17) is 15.2 Å². The number of nitrogens with zero attached hydrogens (tertiary/aromatic N) is 2. The number of amides is 1. The number of carbonyl (C=O) groups is 1. The summed E-state index contributed by atoms with van der Waals surface area (Å²) in [6.07, 6.45) is 3.36. The number of hydrogen-bond acceptors (Lipinski definition) is 5. The van der Waals surface area contributed by atoms with Crippen molar-refractivity contribution in [2.24, 2.45) is 11.7 Å². The average Bonchev–Trinajstić information content (AvgIpc) is 2.99. The number of hydrogen-bond donors (Lipinski definition) is 1. The van der Waals surface area contributed by atoms with Crippen LogP contribution in [0.3, 0.4) is 0 Å². The first-order valence-electron chi connectivity index (χ1n) is 7.45. The van der Waals surface area contributed by atoms with Gasteiger partial charge in [0.1, 0.15) is 5.82 Å². The molecule has 2 N–H and O–H groups in total. The molecular formula is C16H17N3O3. The third-order valence-electron chi connectivity index (χ3n) is 4.43. The van der Waals surface area contributed by atoms with Crippen LogP contribution in [0.2, 0.25) is 0 Å². The van der Waals surface area contributed by atoms with Crippen LogP contribution in [0.4, 0.5) is 5.82 Å². The fraction of sp³-hybridized carbons (Fsp3) is 0.375. The predicted octanol–water partition coefficient (Wildman–Crippen LogP) is 1.67. The zero-order chi connectivity index (χ0) is 15.1. The molecule has 6 heteroatoms. The highest BCUT2D eigenvalue weighted by atomic mass is 16.7. The van der Waals surface area contributed by atoms with Crippen molar-refractivity contribution < 1.29 is 14.3 Å². The Hall–Kier alpha value is -2.50. The third-order valence-corrected chi connectivity index (χ3v) is 4.43. The van der Waals surface area contributed by atoms with E-state index in [1.165, 1.54) is 0 Å². The van der Waals surface area contributed by atoms with Gasteiger partial charge in [-0.15, -0.1) is 0 Å². The summed E-state index contributed by atoms with van der Waals surface area (Å²) < 4.78 is 10.9. The fourth-order valence-electron chi connectivity index (χ4n) is 3.17. The predicted molar refractivity (Wildman–Crippen MR) is 82.0 cm³/mol. The van der Waals surface area contributed by atoms with Crippen molar-refractivity contribution in [1.29, 1.82) is 0 Å². The van der Waals surface area contributed by atoms with Gasteiger partial charge in [0.05, 0.1) is 0 Å². The summed E-state index contributed by atoms with van der Waals surface area (Å²) in [5.41, 5.74) is 5.40. The molecule has 0 spiro atoms. The van der Waals surface area contributed by atoms with Gasteiger partial charge in [0.15, 0.2) is 11.5 Å². The standard InChI is InChI=1S/C16H17N3O3/c17-15(20)10-2-5-19(6-3-10)16-12-8-14-13(21-9-22-14)7-11(12)1-4-18-16/h1,4,7-8,10H,2-3,5-6,9H2,(H2,17,20). The van der Waals surface area contributed by atoms with Gasteiger partial charge in [-0.25, -0.2) is 4.98 Å². The molecule has 0 unspecified atom stereocenters. The number of benzene rings is 1. The summed E-state index contributed by atoms with van der Waals surface area (Å²) in [5.74, 6) is 2.24. The molecule has 4 rings (SSSR count). The molecule has 6 nitrogen and oxygen atoms in total.